The van der Waals surface area contributed by atoms with Gasteiger partial charge in [-0.05, 0) is 38.3 Å². The minimum absolute atomic E-state index is 0.0245. The summed E-state index contributed by atoms with van der Waals surface area (Å²) in [6, 6.07) is 7.91. The van der Waals surface area contributed by atoms with Crippen molar-refractivity contribution in [2.24, 2.45) is 0 Å². The van der Waals surface area contributed by atoms with E-state index in [9.17, 15) is 9.90 Å². The summed E-state index contributed by atoms with van der Waals surface area (Å²) in [5.74, 6) is -0.0334. The lowest BCUT2D eigenvalue weighted by Crippen LogP contribution is -2.37. The molecule has 0 bridgehead atoms. The van der Waals surface area contributed by atoms with Crippen LogP contribution in [-0.2, 0) is 0 Å². The van der Waals surface area contributed by atoms with Crippen molar-refractivity contribution in [2.45, 2.75) is 32.7 Å². The van der Waals surface area contributed by atoms with E-state index in [1.807, 2.05) is 42.8 Å². The molecule has 5 nitrogen and oxygen atoms in total. The van der Waals surface area contributed by atoms with Crippen LogP contribution in [0.3, 0.4) is 0 Å². The second-order valence-corrected chi connectivity index (χ2v) is 5.82. The molecule has 1 amide bonds. The average molecular weight is 299 g/mol. The monoisotopic (exact) mass is 299 g/mol. The molecule has 1 aromatic heterocycles. The van der Waals surface area contributed by atoms with Gasteiger partial charge in [-0.15, -0.1) is 0 Å². The number of aliphatic hydroxyl groups is 1. The van der Waals surface area contributed by atoms with Crippen LogP contribution in [-0.4, -0.2) is 44.9 Å². The van der Waals surface area contributed by atoms with Gasteiger partial charge in [-0.3, -0.25) is 4.79 Å². The van der Waals surface area contributed by atoms with Gasteiger partial charge in [0.25, 0.3) is 5.91 Å². The van der Waals surface area contributed by atoms with E-state index in [-0.39, 0.29) is 18.6 Å². The molecule has 2 heterocycles. The number of likely N-dealkylation sites (tertiary alicyclic amines) is 1. The highest BCUT2D eigenvalue weighted by molar-refractivity contribution is 5.95. The van der Waals surface area contributed by atoms with E-state index in [4.69, 9.17) is 0 Å². The second kappa shape index (κ2) is 5.93. The molecule has 1 aliphatic rings. The second-order valence-electron chi connectivity index (χ2n) is 5.82. The Morgan fingerprint density at radius 1 is 1.36 bits per heavy atom. The van der Waals surface area contributed by atoms with Crippen LogP contribution in [0, 0.1) is 13.8 Å². The molecule has 1 aromatic carbocycles. The molecule has 0 saturated carbocycles. The molecule has 1 fully saturated rings. The number of benzene rings is 1. The maximum absolute atomic E-state index is 12.7. The first kappa shape index (κ1) is 14.8. The van der Waals surface area contributed by atoms with Crippen molar-refractivity contribution >= 4 is 5.91 Å². The molecular formula is C17H21N3O2. The van der Waals surface area contributed by atoms with Crippen LogP contribution < -0.4 is 0 Å². The van der Waals surface area contributed by atoms with Gasteiger partial charge >= 0.3 is 0 Å². The fourth-order valence-electron chi connectivity index (χ4n) is 3.11. The van der Waals surface area contributed by atoms with Gasteiger partial charge < -0.3 is 10.0 Å². The number of para-hydroxylation sites is 1. The van der Waals surface area contributed by atoms with E-state index in [2.05, 4.69) is 5.10 Å². The standard InChI is InChI=1S/C17H21N3O2/c1-12-6-3-4-8-16(12)20-13(2)15(10-18-20)17(22)19-9-5-7-14(19)11-21/h3-4,6,8,10,14,21H,5,7,9,11H2,1-2H3/t14-/m1/s1. The third-order valence-corrected chi connectivity index (χ3v) is 4.43. The molecule has 1 atom stereocenters. The van der Waals surface area contributed by atoms with Crippen molar-refractivity contribution in [1.29, 1.82) is 0 Å². The molecule has 0 unspecified atom stereocenters. The summed E-state index contributed by atoms with van der Waals surface area (Å²) in [5, 5.41) is 13.8. The molecule has 0 radical (unpaired) electrons. The van der Waals surface area contributed by atoms with Gasteiger partial charge in [-0.2, -0.15) is 5.10 Å². The van der Waals surface area contributed by atoms with Gasteiger partial charge in [0.15, 0.2) is 0 Å². The van der Waals surface area contributed by atoms with E-state index in [0.717, 1.165) is 29.8 Å². The van der Waals surface area contributed by atoms with Gasteiger partial charge in [0.05, 0.1) is 35.8 Å². The highest BCUT2D eigenvalue weighted by atomic mass is 16.3. The maximum Gasteiger partial charge on any atom is 0.257 e. The fraction of sp³-hybridized carbons (Fsp3) is 0.412. The molecule has 1 aliphatic heterocycles. The molecule has 0 aliphatic carbocycles. The smallest absolute Gasteiger partial charge is 0.257 e. The summed E-state index contributed by atoms with van der Waals surface area (Å²) >= 11 is 0. The first-order chi connectivity index (χ1) is 10.6. The van der Waals surface area contributed by atoms with Crippen LogP contribution in [0.4, 0.5) is 0 Å². The highest BCUT2D eigenvalue weighted by Gasteiger charge is 2.30. The lowest BCUT2D eigenvalue weighted by molar-refractivity contribution is 0.0677. The first-order valence-electron chi connectivity index (χ1n) is 7.66. The van der Waals surface area contributed by atoms with Crippen LogP contribution in [0.5, 0.6) is 0 Å². The van der Waals surface area contributed by atoms with Crippen LogP contribution in [0.15, 0.2) is 30.5 Å². The van der Waals surface area contributed by atoms with Gasteiger partial charge in [-0.1, -0.05) is 18.2 Å². The van der Waals surface area contributed by atoms with Gasteiger partial charge in [-0.25, -0.2) is 4.68 Å². The topological polar surface area (TPSA) is 58.4 Å². The number of hydrogen-bond donors (Lipinski definition) is 1. The van der Waals surface area contributed by atoms with E-state index >= 15 is 0 Å². The number of aliphatic hydroxyl groups excluding tert-OH is 1. The van der Waals surface area contributed by atoms with Crippen molar-refractivity contribution in [3.8, 4) is 5.69 Å². The number of carbonyl (C=O) groups excluding carboxylic acids is 1. The summed E-state index contributed by atoms with van der Waals surface area (Å²) in [6.07, 6.45) is 3.45. The Hall–Kier alpha value is -2.14. The van der Waals surface area contributed by atoms with Crippen LogP contribution in [0.1, 0.15) is 34.5 Å². The first-order valence-corrected chi connectivity index (χ1v) is 7.66. The Kier molecular flexibility index (Phi) is 3.98. The van der Waals surface area contributed by atoms with Crippen molar-refractivity contribution in [3.63, 3.8) is 0 Å². The van der Waals surface area contributed by atoms with Crippen molar-refractivity contribution < 1.29 is 9.90 Å². The van der Waals surface area contributed by atoms with Gasteiger partial charge in [0.1, 0.15) is 0 Å². The molecule has 2 aromatic rings. The number of rotatable bonds is 3. The fourth-order valence-corrected chi connectivity index (χ4v) is 3.11. The Bertz CT molecular complexity index is 693. The normalized spacial score (nSPS) is 18.0. The zero-order valence-electron chi connectivity index (χ0n) is 13.0. The SMILES string of the molecule is Cc1ccccc1-n1ncc(C(=O)N2CCC[C@@H]2CO)c1C. The summed E-state index contributed by atoms with van der Waals surface area (Å²) in [7, 11) is 0. The average Bonchev–Trinajstić information content (AvgIpc) is 3.14. The predicted octanol–water partition coefficient (Wildman–Crippen LogP) is 2.09. The largest absolute Gasteiger partial charge is 0.394 e. The quantitative estimate of drug-likeness (QED) is 0.944. The summed E-state index contributed by atoms with van der Waals surface area (Å²) in [5.41, 5.74) is 3.55. The molecular weight excluding hydrogens is 278 g/mol. The van der Waals surface area contributed by atoms with E-state index in [1.54, 1.807) is 11.1 Å². The third-order valence-electron chi connectivity index (χ3n) is 4.43. The molecule has 1 N–H and O–H groups in total. The minimum Gasteiger partial charge on any atom is -0.394 e. The summed E-state index contributed by atoms with van der Waals surface area (Å²) in [4.78, 5) is 14.5. The lowest BCUT2D eigenvalue weighted by Gasteiger charge is -2.22. The van der Waals surface area contributed by atoms with E-state index < -0.39 is 0 Å². The minimum atomic E-state index is -0.0614. The van der Waals surface area contributed by atoms with Gasteiger partial charge in [0.2, 0.25) is 0 Å². The lowest BCUT2D eigenvalue weighted by atomic mass is 10.1. The molecule has 1 saturated heterocycles. The van der Waals surface area contributed by atoms with E-state index in [0.29, 0.717) is 12.1 Å². The number of aromatic nitrogens is 2. The van der Waals surface area contributed by atoms with E-state index in [1.165, 1.54) is 0 Å². The Morgan fingerprint density at radius 3 is 2.86 bits per heavy atom. The van der Waals surface area contributed by atoms with Crippen molar-refractivity contribution in [1.82, 2.24) is 14.7 Å². The molecule has 5 heteroatoms. The van der Waals surface area contributed by atoms with Crippen molar-refractivity contribution in [2.75, 3.05) is 13.2 Å². The number of amides is 1. The number of nitrogens with zero attached hydrogens (tertiary/aromatic N) is 3. The van der Waals surface area contributed by atoms with Crippen LogP contribution >= 0.6 is 0 Å². The predicted molar refractivity (Wildman–Crippen MR) is 84.2 cm³/mol. The zero-order chi connectivity index (χ0) is 15.7. The Balaban J connectivity index is 1.94. The van der Waals surface area contributed by atoms with Crippen molar-refractivity contribution in [3.05, 3.63) is 47.3 Å². The molecule has 22 heavy (non-hydrogen) atoms. The van der Waals surface area contributed by atoms with Crippen LogP contribution in [0.2, 0.25) is 0 Å². The van der Waals surface area contributed by atoms with Crippen LogP contribution in [0.25, 0.3) is 5.69 Å². The number of carbonyl (C=O) groups is 1. The Morgan fingerprint density at radius 2 is 2.14 bits per heavy atom. The highest BCUT2D eigenvalue weighted by Crippen LogP contribution is 2.23. The molecule has 116 valence electrons. The third kappa shape index (κ3) is 2.41. The molecule has 0 spiro atoms. The van der Waals surface area contributed by atoms with Gasteiger partial charge in [0, 0.05) is 6.54 Å². The Labute approximate surface area is 130 Å². The number of aryl methyl sites for hydroxylation is 1. The molecule has 3 rings (SSSR count). The summed E-state index contributed by atoms with van der Waals surface area (Å²) in [6.45, 7) is 4.67. The number of hydrogen-bond acceptors (Lipinski definition) is 3. The maximum atomic E-state index is 12.7. The summed E-state index contributed by atoms with van der Waals surface area (Å²) < 4.78 is 1.81. The zero-order valence-corrected chi connectivity index (χ0v) is 13.0.